The minimum absolute atomic E-state index is 0.0608. The molecule has 0 saturated carbocycles. The van der Waals surface area contributed by atoms with Crippen molar-refractivity contribution in [1.29, 1.82) is 0 Å². The van der Waals surface area contributed by atoms with Gasteiger partial charge < -0.3 is 5.11 Å². The Bertz CT molecular complexity index is 1080. The van der Waals surface area contributed by atoms with Crippen molar-refractivity contribution in [2.24, 2.45) is 0 Å². The maximum absolute atomic E-state index is 12.9. The van der Waals surface area contributed by atoms with E-state index in [9.17, 15) is 14.7 Å². The molecule has 1 aliphatic heterocycles. The summed E-state index contributed by atoms with van der Waals surface area (Å²) < 4.78 is 0. The lowest BCUT2D eigenvalue weighted by Gasteiger charge is -2.24. The molecular weight excluding hydrogens is 352 g/mol. The van der Waals surface area contributed by atoms with Crippen molar-refractivity contribution in [2.75, 3.05) is 4.90 Å². The first-order valence-electron chi connectivity index (χ1n) is 8.93. The van der Waals surface area contributed by atoms with Gasteiger partial charge in [-0.15, -0.1) is 0 Å². The third kappa shape index (κ3) is 2.97. The predicted molar refractivity (Wildman–Crippen MR) is 107 cm³/mol. The Morgan fingerprint density at radius 3 is 2.18 bits per heavy atom. The molecule has 0 radical (unpaired) electrons. The maximum Gasteiger partial charge on any atom is 0.301 e. The van der Waals surface area contributed by atoms with Crippen LogP contribution in [-0.2, 0) is 9.59 Å². The fraction of sp³-hybridized carbons (Fsp3) is 0.0870. The number of aryl methyl sites for hydroxylation is 1. The largest absolute Gasteiger partial charge is 0.507 e. The van der Waals surface area contributed by atoms with Crippen LogP contribution < -0.4 is 4.90 Å². The minimum atomic E-state index is -0.754. The van der Waals surface area contributed by atoms with Gasteiger partial charge in [-0.25, -0.2) is 4.98 Å². The number of Topliss-reactive ketones (excluding diaryl/α,β-unsaturated/α-hetero) is 1. The molecule has 0 spiro atoms. The number of hydrogen-bond acceptors (Lipinski definition) is 4. The van der Waals surface area contributed by atoms with Gasteiger partial charge in [-0.1, -0.05) is 66.7 Å². The van der Waals surface area contributed by atoms with Crippen LogP contribution in [0.15, 0.2) is 84.4 Å². The van der Waals surface area contributed by atoms with Crippen LogP contribution in [0.3, 0.4) is 0 Å². The lowest BCUT2D eigenvalue weighted by atomic mass is 9.95. The molecule has 2 heterocycles. The number of carbonyl (C=O) groups excluding carboxylic acids is 2. The number of aliphatic hydroxyl groups excluding tert-OH is 1. The number of rotatable bonds is 3. The molecular formula is C23H18N2O3. The number of pyridine rings is 1. The van der Waals surface area contributed by atoms with E-state index in [1.165, 1.54) is 4.90 Å². The van der Waals surface area contributed by atoms with E-state index in [0.29, 0.717) is 11.4 Å². The normalized spacial score (nSPS) is 18.5. The summed E-state index contributed by atoms with van der Waals surface area (Å²) in [5, 5.41) is 10.9. The van der Waals surface area contributed by atoms with Gasteiger partial charge in [0.25, 0.3) is 5.78 Å². The van der Waals surface area contributed by atoms with E-state index in [2.05, 4.69) is 4.98 Å². The molecule has 5 nitrogen and oxygen atoms in total. The van der Waals surface area contributed by atoms with Crippen LogP contribution in [0.4, 0.5) is 5.82 Å². The Balaban J connectivity index is 1.95. The SMILES string of the molecule is Cc1cccc(N2C(=O)C(=O)C(=C(O)c3ccccc3)[C@H]2c2ccccc2)n1. The molecule has 0 aliphatic carbocycles. The van der Waals surface area contributed by atoms with Crippen LogP contribution in [0.1, 0.15) is 22.9 Å². The summed E-state index contributed by atoms with van der Waals surface area (Å²) >= 11 is 0. The van der Waals surface area contributed by atoms with E-state index in [-0.39, 0.29) is 11.3 Å². The quantitative estimate of drug-likeness (QED) is 0.429. The summed E-state index contributed by atoms with van der Waals surface area (Å²) in [5.41, 5.74) is 2.00. The van der Waals surface area contributed by atoms with Crippen LogP contribution in [0.5, 0.6) is 0 Å². The van der Waals surface area contributed by atoms with Crippen LogP contribution in [0, 0.1) is 6.92 Å². The summed E-state index contributed by atoms with van der Waals surface area (Å²) in [6.45, 7) is 1.82. The number of amides is 1. The zero-order valence-corrected chi connectivity index (χ0v) is 15.2. The zero-order chi connectivity index (χ0) is 19.7. The topological polar surface area (TPSA) is 70.5 Å². The van der Waals surface area contributed by atoms with Gasteiger partial charge in [0.15, 0.2) is 0 Å². The van der Waals surface area contributed by atoms with E-state index >= 15 is 0 Å². The highest BCUT2D eigenvalue weighted by Crippen LogP contribution is 2.41. The highest BCUT2D eigenvalue weighted by atomic mass is 16.3. The molecule has 1 saturated heterocycles. The molecule has 1 aliphatic rings. The second-order valence-electron chi connectivity index (χ2n) is 6.58. The number of aromatic nitrogens is 1. The first kappa shape index (κ1) is 17.7. The smallest absolute Gasteiger partial charge is 0.301 e. The van der Waals surface area contributed by atoms with Gasteiger partial charge in [0.05, 0.1) is 11.6 Å². The van der Waals surface area contributed by atoms with Crippen molar-refractivity contribution in [1.82, 2.24) is 4.98 Å². The number of ketones is 1. The Labute approximate surface area is 162 Å². The lowest BCUT2D eigenvalue weighted by molar-refractivity contribution is -0.132. The number of carbonyl (C=O) groups is 2. The van der Waals surface area contributed by atoms with E-state index in [1.54, 1.807) is 36.4 Å². The van der Waals surface area contributed by atoms with E-state index in [0.717, 1.165) is 11.3 Å². The summed E-state index contributed by atoms with van der Waals surface area (Å²) in [6, 6.07) is 22.5. The highest BCUT2D eigenvalue weighted by molar-refractivity contribution is 6.51. The highest BCUT2D eigenvalue weighted by Gasteiger charge is 2.47. The zero-order valence-electron chi connectivity index (χ0n) is 15.2. The van der Waals surface area contributed by atoms with Crippen molar-refractivity contribution < 1.29 is 14.7 Å². The first-order chi connectivity index (χ1) is 13.6. The molecule has 1 amide bonds. The molecule has 1 fully saturated rings. The van der Waals surface area contributed by atoms with Crippen molar-refractivity contribution in [3.05, 3.63) is 101 Å². The number of benzene rings is 2. The van der Waals surface area contributed by atoms with Crippen LogP contribution >= 0.6 is 0 Å². The van der Waals surface area contributed by atoms with Crippen LogP contribution in [0.25, 0.3) is 5.76 Å². The van der Waals surface area contributed by atoms with Gasteiger partial charge in [-0.3, -0.25) is 14.5 Å². The minimum Gasteiger partial charge on any atom is -0.507 e. The van der Waals surface area contributed by atoms with Gasteiger partial charge in [-0.2, -0.15) is 0 Å². The monoisotopic (exact) mass is 370 g/mol. The first-order valence-corrected chi connectivity index (χ1v) is 8.93. The molecule has 4 rings (SSSR count). The summed E-state index contributed by atoms with van der Waals surface area (Å²) in [4.78, 5) is 31.7. The van der Waals surface area contributed by atoms with Gasteiger partial charge in [0, 0.05) is 11.3 Å². The van der Waals surface area contributed by atoms with Gasteiger partial charge in [0.2, 0.25) is 0 Å². The average Bonchev–Trinajstić information content (AvgIpc) is 3.00. The Morgan fingerprint density at radius 1 is 0.893 bits per heavy atom. The Hall–Kier alpha value is -3.73. The van der Waals surface area contributed by atoms with Crippen molar-refractivity contribution >= 4 is 23.3 Å². The maximum atomic E-state index is 12.9. The number of anilines is 1. The van der Waals surface area contributed by atoms with E-state index < -0.39 is 17.7 Å². The molecule has 0 bridgehead atoms. The third-order valence-electron chi connectivity index (χ3n) is 4.73. The fourth-order valence-electron chi connectivity index (χ4n) is 3.43. The lowest BCUT2D eigenvalue weighted by Crippen LogP contribution is -2.30. The molecule has 1 N–H and O–H groups in total. The summed E-state index contributed by atoms with van der Waals surface area (Å²) in [7, 11) is 0. The van der Waals surface area contributed by atoms with E-state index in [4.69, 9.17) is 0 Å². The molecule has 0 unspecified atom stereocenters. The van der Waals surface area contributed by atoms with Gasteiger partial charge in [0.1, 0.15) is 11.6 Å². The Kier molecular flexibility index (Phi) is 4.49. The summed E-state index contributed by atoms with van der Waals surface area (Å²) in [5.74, 6) is -1.24. The molecule has 3 aromatic rings. The standard InChI is InChI=1S/C23H18N2O3/c1-15-9-8-14-18(24-15)25-20(16-10-4-2-5-11-16)19(22(27)23(25)28)21(26)17-12-6-3-7-13-17/h2-14,20,26H,1H3/t20-/m1/s1. The molecule has 5 heteroatoms. The second kappa shape index (κ2) is 7.12. The predicted octanol–water partition coefficient (Wildman–Crippen LogP) is 4.02. The third-order valence-corrected chi connectivity index (χ3v) is 4.73. The molecule has 1 atom stereocenters. The second-order valence-corrected chi connectivity index (χ2v) is 6.58. The fourth-order valence-corrected chi connectivity index (χ4v) is 3.43. The van der Waals surface area contributed by atoms with Crippen molar-refractivity contribution in [3.63, 3.8) is 0 Å². The molecule has 2 aromatic carbocycles. The average molecular weight is 370 g/mol. The van der Waals surface area contributed by atoms with Crippen LogP contribution in [0.2, 0.25) is 0 Å². The van der Waals surface area contributed by atoms with Crippen molar-refractivity contribution in [3.8, 4) is 0 Å². The summed E-state index contributed by atoms with van der Waals surface area (Å²) in [6.07, 6.45) is 0. The van der Waals surface area contributed by atoms with Gasteiger partial charge in [-0.05, 0) is 24.6 Å². The van der Waals surface area contributed by atoms with E-state index in [1.807, 2.05) is 49.4 Å². The number of hydrogen-bond donors (Lipinski definition) is 1. The number of aliphatic hydroxyl groups is 1. The van der Waals surface area contributed by atoms with Crippen molar-refractivity contribution in [2.45, 2.75) is 13.0 Å². The molecule has 28 heavy (non-hydrogen) atoms. The molecule has 138 valence electrons. The number of nitrogens with zero attached hydrogens (tertiary/aromatic N) is 2. The Morgan fingerprint density at radius 2 is 1.54 bits per heavy atom. The van der Waals surface area contributed by atoms with Crippen LogP contribution in [-0.4, -0.2) is 21.8 Å². The van der Waals surface area contributed by atoms with Gasteiger partial charge >= 0.3 is 5.91 Å². The molecule has 1 aromatic heterocycles.